The van der Waals surface area contributed by atoms with Gasteiger partial charge < -0.3 is 39.9 Å². The highest BCUT2D eigenvalue weighted by Crippen LogP contribution is 2.47. The van der Waals surface area contributed by atoms with Crippen molar-refractivity contribution in [2.24, 2.45) is 0 Å². The summed E-state index contributed by atoms with van der Waals surface area (Å²) in [5, 5.41) is 50.4. The lowest BCUT2D eigenvalue weighted by atomic mass is 9.85. The second-order valence-corrected chi connectivity index (χ2v) is 20.5. The third kappa shape index (κ3) is 37.5. The standard InChI is InChI=1S/C57H101O12P/c1-3-5-7-9-11-13-15-17-19-21-23-24-25-26-27-29-31-33-35-37-39-41-43-45-47-66-48-50(49-67-70(64,65)69-57-55(62)53(60)52(59)54(61)56(57)63)68-51(58)46-44-42-40-38-36-34-32-30-28-22-20-18-16-14-12-10-8-6-4-2/h6,8,12,14,18,20,28,30,34,36,40,42,50,52-57,59-63H,3-5,7,9-11,13,15-17,19,21-27,29,31-33,35,37-39,41,43-49H2,1-2H3,(H,64,65)/b8-6-,14-12-,20-18-,30-28-,36-34-,42-40-. The van der Waals surface area contributed by atoms with Crippen molar-refractivity contribution in [1.82, 2.24) is 0 Å². The maximum Gasteiger partial charge on any atom is 0.472 e. The van der Waals surface area contributed by atoms with Gasteiger partial charge in [0.25, 0.3) is 0 Å². The van der Waals surface area contributed by atoms with Crippen LogP contribution >= 0.6 is 7.82 Å². The van der Waals surface area contributed by atoms with Crippen molar-refractivity contribution < 1.29 is 58.3 Å². The van der Waals surface area contributed by atoms with Gasteiger partial charge in [-0.2, -0.15) is 0 Å². The Morgan fingerprint density at radius 2 is 0.814 bits per heavy atom. The van der Waals surface area contributed by atoms with E-state index in [1.165, 1.54) is 135 Å². The van der Waals surface area contributed by atoms with Crippen molar-refractivity contribution in [2.45, 2.75) is 262 Å². The average Bonchev–Trinajstić information content (AvgIpc) is 3.35. The molecule has 0 radical (unpaired) electrons. The molecule has 0 aromatic rings. The second-order valence-electron chi connectivity index (χ2n) is 19.1. The Bertz CT molecular complexity index is 1430. The summed E-state index contributed by atoms with van der Waals surface area (Å²) in [5.41, 5.74) is 0. The molecule has 0 heterocycles. The van der Waals surface area contributed by atoms with E-state index in [0.717, 1.165) is 57.8 Å². The first-order chi connectivity index (χ1) is 34.0. The van der Waals surface area contributed by atoms with E-state index in [2.05, 4.69) is 74.6 Å². The van der Waals surface area contributed by atoms with Gasteiger partial charge in [-0.25, -0.2) is 4.57 Å². The van der Waals surface area contributed by atoms with E-state index in [1.807, 2.05) is 12.2 Å². The van der Waals surface area contributed by atoms with Crippen LogP contribution in [0.1, 0.15) is 219 Å². The smallest absolute Gasteiger partial charge is 0.457 e. The lowest BCUT2D eigenvalue weighted by Crippen LogP contribution is -2.64. The molecule has 1 rings (SSSR count). The molecular formula is C57H101O12P. The van der Waals surface area contributed by atoms with E-state index in [4.69, 9.17) is 18.5 Å². The lowest BCUT2D eigenvalue weighted by molar-refractivity contribution is -0.220. The van der Waals surface area contributed by atoms with Gasteiger partial charge in [0.15, 0.2) is 0 Å². The number of ether oxygens (including phenoxy) is 2. The predicted octanol–water partition coefficient (Wildman–Crippen LogP) is 13.1. The van der Waals surface area contributed by atoms with Crippen LogP contribution in [0.15, 0.2) is 72.9 Å². The minimum atomic E-state index is -5.05. The van der Waals surface area contributed by atoms with E-state index >= 15 is 0 Å². The van der Waals surface area contributed by atoms with Crippen LogP contribution in [0, 0.1) is 0 Å². The van der Waals surface area contributed by atoms with Crippen LogP contribution in [0.2, 0.25) is 0 Å². The number of phosphoric ester groups is 1. The van der Waals surface area contributed by atoms with Crippen molar-refractivity contribution in [3.63, 3.8) is 0 Å². The summed E-state index contributed by atoms with van der Waals surface area (Å²) in [7, 11) is -5.05. The van der Waals surface area contributed by atoms with Gasteiger partial charge in [-0.1, -0.05) is 234 Å². The third-order valence-corrected chi connectivity index (χ3v) is 13.6. The lowest BCUT2D eigenvalue weighted by Gasteiger charge is -2.41. The summed E-state index contributed by atoms with van der Waals surface area (Å²) >= 11 is 0. The highest BCUT2D eigenvalue weighted by atomic mass is 31.2. The zero-order chi connectivity index (χ0) is 51.2. The summed E-state index contributed by atoms with van der Waals surface area (Å²) in [6, 6.07) is 0. The third-order valence-electron chi connectivity index (χ3n) is 12.6. The monoisotopic (exact) mass is 1010 g/mol. The molecule has 70 heavy (non-hydrogen) atoms. The molecule has 12 nitrogen and oxygen atoms in total. The van der Waals surface area contributed by atoms with Gasteiger partial charge in [0.1, 0.15) is 42.7 Å². The quantitative estimate of drug-likeness (QED) is 0.0147. The maximum absolute atomic E-state index is 12.9. The van der Waals surface area contributed by atoms with Gasteiger partial charge in [0.2, 0.25) is 0 Å². The number of esters is 1. The van der Waals surface area contributed by atoms with Crippen LogP contribution in [-0.2, 0) is 27.9 Å². The normalized spacial score (nSPS) is 21.4. The zero-order valence-corrected chi connectivity index (χ0v) is 44.7. The van der Waals surface area contributed by atoms with Crippen LogP contribution in [0.25, 0.3) is 0 Å². The SMILES string of the molecule is CC/C=C\C/C=C\C/C=C\C/C=C\C/C=C\C/C=C\CCC(=O)OC(COCCCCCCCCCCCCCCCCCCCCCCCCCC)COP(=O)(O)OC1C(O)C(O)C(O)C(O)C1O. The summed E-state index contributed by atoms with van der Waals surface area (Å²) in [5.74, 6) is -0.557. The number of aliphatic hydroxyl groups is 5. The Morgan fingerprint density at radius 3 is 1.20 bits per heavy atom. The first kappa shape index (κ1) is 65.8. The number of aliphatic hydroxyl groups excluding tert-OH is 5. The topological polar surface area (TPSA) is 192 Å². The molecule has 1 aliphatic carbocycles. The molecular weight excluding hydrogens is 908 g/mol. The van der Waals surface area contributed by atoms with Crippen molar-refractivity contribution in [3.05, 3.63) is 72.9 Å². The van der Waals surface area contributed by atoms with E-state index in [0.29, 0.717) is 13.0 Å². The molecule has 6 unspecified atom stereocenters. The number of phosphoric acid groups is 1. The minimum absolute atomic E-state index is 0.0595. The van der Waals surface area contributed by atoms with E-state index < -0.39 is 63.1 Å². The van der Waals surface area contributed by atoms with Crippen LogP contribution in [0.4, 0.5) is 0 Å². The number of carbonyl (C=O) groups is 1. The number of unbranched alkanes of at least 4 members (excludes halogenated alkanes) is 23. The van der Waals surface area contributed by atoms with Crippen LogP contribution < -0.4 is 0 Å². The molecule has 0 bridgehead atoms. The molecule has 0 spiro atoms. The van der Waals surface area contributed by atoms with Crippen molar-refractivity contribution in [1.29, 1.82) is 0 Å². The Kier molecular flexibility index (Phi) is 43.8. The first-order valence-corrected chi connectivity index (χ1v) is 29.3. The minimum Gasteiger partial charge on any atom is -0.457 e. The average molecular weight is 1010 g/mol. The van der Waals surface area contributed by atoms with E-state index in [9.17, 15) is 39.8 Å². The molecule has 1 saturated carbocycles. The Labute approximate surface area is 425 Å². The Morgan fingerprint density at radius 1 is 0.471 bits per heavy atom. The fourth-order valence-corrected chi connectivity index (χ4v) is 9.24. The predicted molar refractivity (Wildman–Crippen MR) is 285 cm³/mol. The van der Waals surface area contributed by atoms with Crippen LogP contribution in [-0.4, -0.2) is 98.9 Å². The fraction of sp³-hybridized carbons (Fsp3) is 0.772. The van der Waals surface area contributed by atoms with Gasteiger partial charge in [0, 0.05) is 13.0 Å². The number of rotatable bonds is 47. The number of hydrogen-bond donors (Lipinski definition) is 6. The van der Waals surface area contributed by atoms with Crippen molar-refractivity contribution in [2.75, 3.05) is 19.8 Å². The maximum atomic E-state index is 12.9. The molecule has 13 heteroatoms. The van der Waals surface area contributed by atoms with Crippen LogP contribution in [0.5, 0.6) is 0 Å². The fourth-order valence-electron chi connectivity index (χ4n) is 8.27. The van der Waals surface area contributed by atoms with Crippen molar-refractivity contribution in [3.8, 4) is 0 Å². The summed E-state index contributed by atoms with van der Waals surface area (Å²) < 4.78 is 34.3. The van der Waals surface area contributed by atoms with Crippen LogP contribution in [0.3, 0.4) is 0 Å². The molecule has 1 fully saturated rings. The molecule has 0 amide bonds. The van der Waals surface area contributed by atoms with Gasteiger partial charge in [-0.15, -0.1) is 0 Å². The van der Waals surface area contributed by atoms with Gasteiger partial charge >= 0.3 is 13.8 Å². The van der Waals surface area contributed by atoms with Gasteiger partial charge in [-0.3, -0.25) is 13.8 Å². The number of carbonyl (C=O) groups excluding carboxylic acids is 1. The first-order valence-electron chi connectivity index (χ1n) is 27.8. The number of hydrogen-bond acceptors (Lipinski definition) is 11. The summed E-state index contributed by atoms with van der Waals surface area (Å²) in [4.78, 5) is 23.2. The largest absolute Gasteiger partial charge is 0.472 e. The second kappa shape index (κ2) is 46.6. The highest BCUT2D eigenvalue weighted by molar-refractivity contribution is 7.47. The molecule has 406 valence electrons. The Hall–Kier alpha value is -2.22. The molecule has 0 aromatic carbocycles. The van der Waals surface area contributed by atoms with Gasteiger partial charge in [0.05, 0.1) is 13.2 Å². The number of allylic oxidation sites excluding steroid dienone is 12. The molecule has 0 saturated heterocycles. The van der Waals surface area contributed by atoms with Crippen molar-refractivity contribution >= 4 is 13.8 Å². The molecule has 6 N–H and O–H groups in total. The Balaban J connectivity index is 2.33. The van der Waals surface area contributed by atoms with E-state index in [-0.39, 0.29) is 13.0 Å². The summed E-state index contributed by atoms with van der Waals surface area (Å²) in [6.45, 7) is 4.10. The summed E-state index contributed by atoms with van der Waals surface area (Å²) in [6.07, 6.45) is 49.9. The molecule has 6 atom stereocenters. The zero-order valence-electron chi connectivity index (χ0n) is 43.8. The van der Waals surface area contributed by atoms with E-state index in [1.54, 1.807) is 0 Å². The molecule has 0 aliphatic heterocycles. The molecule has 0 aromatic heterocycles. The molecule has 1 aliphatic rings. The highest BCUT2D eigenvalue weighted by Gasteiger charge is 2.51. The van der Waals surface area contributed by atoms with Gasteiger partial charge in [-0.05, 0) is 51.4 Å².